The number of aliphatic carboxylic acids is 1. The van der Waals surface area contributed by atoms with Crippen molar-refractivity contribution in [1.82, 2.24) is 4.90 Å². The lowest BCUT2D eigenvalue weighted by Gasteiger charge is -2.29. The molecule has 0 aliphatic heterocycles. The van der Waals surface area contributed by atoms with Crippen molar-refractivity contribution in [2.24, 2.45) is 11.8 Å². The van der Waals surface area contributed by atoms with Gasteiger partial charge >= 0.3 is 5.97 Å². The Kier molecular flexibility index (Phi) is 6.57. The van der Waals surface area contributed by atoms with Gasteiger partial charge in [0, 0.05) is 6.04 Å². The van der Waals surface area contributed by atoms with Gasteiger partial charge in [-0.15, -0.1) is 0 Å². The van der Waals surface area contributed by atoms with E-state index in [0.29, 0.717) is 17.9 Å². The molecule has 3 nitrogen and oxygen atoms in total. The topological polar surface area (TPSA) is 40.5 Å². The highest BCUT2D eigenvalue weighted by Crippen LogP contribution is 2.17. The molecule has 90 valence electrons. The number of carboxylic acids is 1. The minimum absolute atomic E-state index is 0.143. The Morgan fingerprint density at radius 2 is 1.53 bits per heavy atom. The van der Waals surface area contributed by atoms with E-state index in [0.717, 1.165) is 12.8 Å². The van der Waals surface area contributed by atoms with Crippen LogP contribution in [0.3, 0.4) is 0 Å². The molecule has 0 amide bonds. The summed E-state index contributed by atoms with van der Waals surface area (Å²) in [6.07, 6.45) is 2.14. The molecule has 0 bridgehead atoms. The van der Waals surface area contributed by atoms with Crippen molar-refractivity contribution < 1.29 is 9.90 Å². The Balaban J connectivity index is 4.26. The molecule has 0 spiro atoms. The van der Waals surface area contributed by atoms with E-state index in [1.54, 1.807) is 0 Å². The van der Waals surface area contributed by atoms with Crippen LogP contribution in [0.25, 0.3) is 0 Å². The smallest absolute Gasteiger partial charge is 0.317 e. The van der Waals surface area contributed by atoms with Gasteiger partial charge in [-0.1, -0.05) is 27.7 Å². The lowest BCUT2D eigenvalue weighted by Crippen LogP contribution is -2.37. The molecule has 0 aromatic heterocycles. The van der Waals surface area contributed by atoms with E-state index in [2.05, 4.69) is 27.7 Å². The highest BCUT2D eigenvalue weighted by molar-refractivity contribution is 5.69. The van der Waals surface area contributed by atoms with Crippen molar-refractivity contribution in [2.75, 3.05) is 13.6 Å². The summed E-state index contributed by atoms with van der Waals surface area (Å²) >= 11 is 0. The molecule has 0 atom stereocenters. The zero-order valence-corrected chi connectivity index (χ0v) is 10.7. The number of hydrogen-bond donors (Lipinski definition) is 1. The van der Waals surface area contributed by atoms with E-state index in [9.17, 15) is 4.79 Å². The SMILES string of the molecule is CC(C)CC(CC(C)C)N(C)CC(=O)O. The van der Waals surface area contributed by atoms with E-state index in [4.69, 9.17) is 5.11 Å². The van der Waals surface area contributed by atoms with E-state index in [1.807, 2.05) is 11.9 Å². The van der Waals surface area contributed by atoms with Gasteiger partial charge in [-0.05, 0) is 31.7 Å². The van der Waals surface area contributed by atoms with Gasteiger partial charge in [0.15, 0.2) is 0 Å². The third-order valence-corrected chi connectivity index (χ3v) is 2.49. The van der Waals surface area contributed by atoms with Crippen molar-refractivity contribution >= 4 is 5.97 Å². The maximum atomic E-state index is 10.6. The van der Waals surface area contributed by atoms with Crippen molar-refractivity contribution in [1.29, 1.82) is 0 Å². The molecule has 0 heterocycles. The average Bonchev–Trinajstić information content (AvgIpc) is 1.99. The fourth-order valence-corrected chi connectivity index (χ4v) is 1.89. The minimum Gasteiger partial charge on any atom is -0.480 e. The first-order valence-corrected chi connectivity index (χ1v) is 5.75. The Morgan fingerprint density at radius 1 is 1.13 bits per heavy atom. The fraction of sp³-hybridized carbons (Fsp3) is 0.917. The van der Waals surface area contributed by atoms with Crippen LogP contribution in [0.1, 0.15) is 40.5 Å². The molecule has 0 rings (SSSR count). The van der Waals surface area contributed by atoms with Crippen molar-refractivity contribution in [3.63, 3.8) is 0 Å². The first kappa shape index (κ1) is 14.4. The Hall–Kier alpha value is -0.570. The van der Waals surface area contributed by atoms with Crippen LogP contribution >= 0.6 is 0 Å². The average molecular weight is 215 g/mol. The van der Waals surface area contributed by atoms with Crippen LogP contribution in [-0.2, 0) is 4.79 Å². The largest absolute Gasteiger partial charge is 0.480 e. The normalized spacial score (nSPS) is 12.1. The maximum absolute atomic E-state index is 10.6. The van der Waals surface area contributed by atoms with Gasteiger partial charge < -0.3 is 5.11 Å². The predicted octanol–water partition coefficient (Wildman–Crippen LogP) is 2.46. The molecule has 0 radical (unpaired) electrons. The summed E-state index contributed by atoms with van der Waals surface area (Å²) in [7, 11) is 1.91. The van der Waals surface area contributed by atoms with Gasteiger partial charge in [0.1, 0.15) is 0 Å². The van der Waals surface area contributed by atoms with E-state index in [1.165, 1.54) is 0 Å². The number of nitrogens with zero attached hydrogens (tertiary/aromatic N) is 1. The second-order valence-corrected chi connectivity index (χ2v) is 5.22. The molecule has 0 fully saturated rings. The number of rotatable bonds is 7. The third kappa shape index (κ3) is 7.37. The van der Waals surface area contributed by atoms with Gasteiger partial charge in [-0.2, -0.15) is 0 Å². The number of carbonyl (C=O) groups is 1. The zero-order chi connectivity index (χ0) is 12.0. The second-order valence-electron chi connectivity index (χ2n) is 5.22. The molecule has 0 saturated carbocycles. The van der Waals surface area contributed by atoms with Crippen LogP contribution in [0.5, 0.6) is 0 Å². The first-order chi connectivity index (χ1) is 6.82. The summed E-state index contributed by atoms with van der Waals surface area (Å²) in [6.45, 7) is 8.87. The van der Waals surface area contributed by atoms with Gasteiger partial charge in [0.25, 0.3) is 0 Å². The molecular formula is C12H25NO2. The molecule has 0 aliphatic rings. The minimum atomic E-state index is -0.741. The predicted molar refractivity (Wildman–Crippen MR) is 63.0 cm³/mol. The molecule has 0 aliphatic carbocycles. The Morgan fingerprint density at radius 3 is 1.80 bits per heavy atom. The molecule has 3 heteroatoms. The summed E-state index contributed by atoms with van der Waals surface area (Å²) in [6, 6.07) is 0.390. The first-order valence-electron chi connectivity index (χ1n) is 5.75. The van der Waals surface area contributed by atoms with E-state index >= 15 is 0 Å². The van der Waals surface area contributed by atoms with Crippen LogP contribution in [0.15, 0.2) is 0 Å². The number of likely N-dealkylation sites (N-methyl/N-ethyl adjacent to an activating group) is 1. The van der Waals surface area contributed by atoms with Crippen LogP contribution in [0, 0.1) is 11.8 Å². The van der Waals surface area contributed by atoms with E-state index in [-0.39, 0.29) is 6.54 Å². The molecule has 0 saturated heterocycles. The summed E-state index contributed by atoms with van der Waals surface area (Å²) in [4.78, 5) is 12.6. The van der Waals surface area contributed by atoms with E-state index < -0.39 is 5.97 Å². The highest BCUT2D eigenvalue weighted by Gasteiger charge is 2.19. The molecule has 1 N–H and O–H groups in total. The van der Waals surface area contributed by atoms with Gasteiger partial charge in [0.2, 0.25) is 0 Å². The summed E-state index contributed by atoms with van der Waals surface area (Å²) in [5.41, 5.74) is 0. The van der Waals surface area contributed by atoms with Crippen molar-refractivity contribution in [3.8, 4) is 0 Å². The highest BCUT2D eigenvalue weighted by atomic mass is 16.4. The standard InChI is InChI=1S/C12H25NO2/c1-9(2)6-11(7-10(3)4)13(5)8-12(14)15/h9-11H,6-8H2,1-5H3,(H,14,15). The Bertz CT molecular complexity index is 180. The van der Waals surface area contributed by atoms with Crippen LogP contribution < -0.4 is 0 Å². The molecule has 15 heavy (non-hydrogen) atoms. The lowest BCUT2D eigenvalue weighted by molar-refractivity contribution is -0.138. The fourth-order valence-electron chi connectivity index (χ4n) is 1.89. The second kappa shape index (κ2) is 6.83. The summed E-state index contributed by atoms with van der Waals surface area (Å²) in [5, 5.41) is 8.76. The molecular weight excluding hydrogens is 190 g/mol. The molecule has 0 aromatic rings. The molecule has 0 aromatic carbocycles. The van der Waals surface area contributed by atoms with Crippen LogP contribution in [-0.4, -0.2) is 35.6 Å². The summed E-state index contributed by atoms with van der Waals surface area (Å²) in [5.74, 6) is 0.491. The van der Waals surface area contributed by atoms with Crippen molar-refractivity contribution in [2.45, 2.75) is 46.6 Å². The van der Waals surface area contributed by atoms with Gasteiger partial charge in [0.05, 0.1) is 6.54 Å². The van der Waals surface area contributed by atoms with Crippen molar-refractivity contribution in [3.05, 3.63) is 0 Å². The lowest BCUT2D eigenvalue weighted by atomic mass is 9.94. The monoisotopic (exact) mass is 215 g/mol. The quantitative estimate of drug-likeness (QED) is 0.709. The molecule has 0 unspecified atom stereocenters. The van der Waals surface area contributed by atoms with Crippen LogP contribution in [0.4, 0.5) is 0 Å². The Labute approximate surface area is 93.5 Å². The van der Waals surface area contributed by atoms with Gasteiger partial charge in [-0.25, -0.2) is 0 Å². The van der Waals surface area contributed by atoms with Crippen LogP contribution in [0.2, 0.25) is 0 Å². The third-order valence-electron chi connectivity index (χ3n) is 2.49. The number of hydrogen-bond acceptors (Lipinski definition) is 2. The van der Waals surface area contributed by atoms with Gasteiger partial charge in [-0.3, -0.25) is 9.69 Å². The summed E-state index contributed by atoms with van der Waals surface area (Å²) < 4.78 is 0. The zero-order valence-electron chi connectivity index (χ0n) is 10.7. The maximum Gasteiger partial charge on any atom is 0.317 e. The number of carboxylic acid groups (broad SMARTS) is 1.